The quantitative estimate of drug-likeness (QED) is 0.773. The molecule has 2 N–H and O–H groups in total. The SMILES string of the molecule is COc1cccc(NC(=O)Nc2nnc3ccccn23)c1. The number of carbonyl (C=O) groups excluding carboxylic acids is 1. The van der Waals surface area contributed by atoms with Gasteiger partial charge in [0.25, 0.3) is 0 Å². The molecule has 7 nitrogen and oxygen atoms in total. The maximum absolute atomic E-state index is 12.0. The summed E-state index contributed by atoms with van der Waals surface area (Å²) in [4.78, 5) is 12.0. The number of hydrogen-bond donors (Lipinski definition) is 2. The monoisotopic (exact) mass is 283 g/mol. The largest absolute Gasteiger partial charge is 0.497 e. The van der Waals surface area contributed by atoms with E-state index in [4.69, 9.17) is 4.74 Å². The lowest BCUT2D eigenvalue weighted by Crippen LogP contribution is -2.20. The van der Waals surface area contributed by atoms with Crippen LogP contribution < -0.4 is 15.4 Å². The van der Waals surface area contributed by atoms with Gasteiger partial charge in [-0.2, -0.15) is 0 Å². The van der Waals surface area contributed by atoms with Gasteiger partial charge in [0.1, 0.15) is 5.75 Å². The number of nitrogens with one attached hydrogen (secondary N) is 2. The van der Waals surface area contributed by atoms with Gasteiger partial charge in [0.05, 0.1) is 7.11 Å². The van der Waals surface area contributed by atoms with Crippen LogP contribution in [0.5, 0.6) is 5.75 Å². The lowest BCUT2D eigenvalue weighted by molar-refractivity contribution is 0.262. The van der Waals surface area contributed by atoms with E-state index in [2.05, 4.69) is 20.8 Å². The van der Waals surface area contributed by atoms with Crippen LogP contribution in [0.25, 0.3) is 5.65 Å². The zero-order chi connectivity index (χ0) is 14.7. The Labute approximate surface area is 120 Å². The van der Waals surface area contributed by atoms with Crippen molar-refractivity contribution >= 4 is 23.3 Å². The van der Waals surface area contributed by atoms with Crippen LogP contribution in [0.15, 0.2) is 48.7 Å². The van der Waals surface area contributed by atoms with Gasteiger partial charge >= 0.3 is 6.03 Å². The Hall–Kier alpha value is -3.09. The second-order valence-electron chi connectivity index (χ2n) is 4.26. The van der Waals surface area contributed by atoms with E-state index in [9.17, 15) is 4.79 Å². The summed E-state index contributed by atoms with van der Waals surface area (Å²) in [5, 5.41) is 13.2. The van der Waals surface area contributed by atoms with Crippen molar-refractivity contribution in [1.29, 1.82) is 0 Å². The molecule has 0 saturated carbocycles. The number of nitrogens with zero attached hydrogens (tertiary/aromatic N) is 3. The van der Waals surface area contributed by atoms with E-state index < -0.39 is 6.03 Å². The first-order valence-electron chi connectivity index (χ1n) is 6.28. The highest BCUT2D eigenvalue weighted by molar-refractivity contribution is 5.98. The number of urea groups is 1. The maximum Gasteiger partial charge on any atom is 0.326 e. The molecule has 7 heteroatoms. The molecule has 0 aliphatic carbocycles. The Bertz CT molecular complexity index is 784. The number of ether oxygens (including phenoxy) is 1. The minimum absolute atomic E-state index is 0.353. The van der Waals surface area contributed by atoms with Crippen LogP contribution in [0.4, 0.5) is 16.4 Å². The predicted octanol–water partition coefficient (Wildman–Crippen LogP) is 2.38. The molecule has 1 aromatic carbocycles. The van der Waals surface area contributed by atoms with E-state index in [1.165, 1.54) is 0 Å². The molecule has 0 saturated heterocycles. The fourth-order valence-electron chi connectivity index (χ4n) is 1.89. The minimum Gasteiger partial charge on any atom is -0.497 e. The fraction of sp³-hybridized carbons (Fsp3) is 0.0714. The number of aromatic nitrogens is 3. The molecule has 0 aliphatic heterocycles. The number of fused-ring (bicyclic) bond motifs is 1. The number of anilines is 2. The molecule has 0 aliphatic rings. The molecule has 0 atom stereocenters. The lowest BCUT2D eigenvalue weighted by Gasteiger charge is -2.07. The van der Waals surface area contributed by atoms with Gasteiger partial charge in [-0.15, -0.1) is 10.2 Å². The second kappa shape index (κ2) is 5.49. The number of methoxy groups -OCH3 is 1. The summed E-state index contributed by atoms with van der Waals surface area (Å²) in [6.07, 6.45) is 1.77. The Morgan fingerprint density at radius 2 is 2.05 bits per heavy atom. The van der Waals surface area contributed by atoms with E-state index in [1.807, 2.05) is 12.1 Å². The number of carbonyl (C=O) groups is 1. The van der Waals surface area contributed by atoms with E-state index in [0.717, 1.165) is 0 Å². The molecule has 0 unspecified atom stereocenters. The molecular formula is C14H13N5O2. The predicted molar refractivity (Wildman–Crippen MR) is 78.6 cm³/mol. The van der Waals surface area contributed by atoms with Crippen LogP contribution in [0.1, 0.15) is 0 Å². The van der Waals surface area contributed by atoms with Crippen molar-refractivity contribution in [2.75, 3.05) is 17.7 Å². The Balaban J connectivity index is 1.74. The summed E-state index contributed by atoms with van der Waals surface area (Å²) >= 11 is 0. The van der Waals surface area contributed by atoms with E-state index in [0.29, 0.717) is 23.0 Å². The average Bonchev–Trinajstić information content (AvgIpc) is 2.91. The van der Waals surface area contributed by atoms with Crippen molar-refractivity contribution in [3.63, 3.8) is 0 Å². The normalized spacial score (nSPS) is 10.3. The lowest BCUT2D eigenvalue weighted by atomic mass is 10.3. The van der Waals surface area contributed by atoms with Gasteiger partial charge in [-0.25, -0.2) is 4.79 Å². The third kappa shape index (κ3) is 2.76. The van der Waals surface area contributed by atoms with Gasteiger partial charge in [0, 0.05) is 18.0 Å². The van der Waals surface area contributed by atoms with Gasteiger partial charge in [0.15, 0.2) is 5.65 Å². The number of benzene rings is 1. The molecule has 2 amide bonds. The van der Waals surface area contributed by atoms with E-state index >= 15 is 0 Å². The number of rotatable bonds is 3. The smallest absolute Gasteiger partial charge is 0.326 e. The molecule has 0 fully saturated rings. The Morgan fingerprint density at radius 1 is 1.14 bits per heavy atom. The number of hydrogen-bond acceptors (Lipinski definition) is 4. The summed E-state index contributed by atoms with van der Waals surface area (Å²) in [6, 6.07) is 12.2. The van der Waals surface area contributed by atoms with Gasteiger partial charge in [-0.1, -0.05) is 12.1 Å². The van der Waals surface area contributed by atoms with Gasteiger partial charge < -0.3 is 10.1 Å². The zero-order valence-corrected chi connectivity index (χ0v) is 11.3. The van der Waals surface area contributed by atoms with Gasteiger partial charge in [-0.3, -0.25) is 9.72 Å². The zero-order valence-electron chi connectivity index (χ0n) is 11.3. The number of pyridine rings is 1. The molecule has 0 spiro atoms. The summed E-state index contributed by atoms with van der Waals surface area (Å²) in [5.74, 6) is 1.02. The van der Waals surface area contributed by atoms with Crippen molar-refractivity contribution in [3.05, 3.63) is 48.7 Å². The first kappa shape index (κ1) is 12.9. The molecule has 2 heterocycles. The second-order valence-corrected chi connectivity index (χ2v) is 4.26. The van der Waals surface area contributed by atoms with Crippen molar-refractivity contribution in [1.82, 2.24) is 14.6 Å². The molecule has 0 bridgehead atoms. The summed E-state index contributed by atoms with van der Waals surface area (Å²) in [5.41, 5.74) is 1.29. The van der Waals surface area contributed by atoms with Gasteiger partial charge in [-0.05, 0) is 24.3 Å². The van der Waals surface area contributed by atoms with Crippen molar-refractivity contribution < 1.29 is 9.53 Å². The van der Waals surface area contributed by atoms with Crippen LogP contribution in [0.3, 0.4) is 0 Å². The molecular weight excluding hydrogens is 270 g/mol. The summed E-state index contributed by atoms with van der Waals surface area (Å²) < 4.78 is 6.79. The minimum atomic E-state index is -0.401. The van der Waals surface area contributed by atoms with Crippen LogP contribution >= 0.6 is 0 Å². The molecule has 0 radical (unpaired) electrons. The third-order valence-corrected chi connectivity index (χ3v) is 2.87. The van der Waals surface area contributed by atoms with Crippen molar-refractivity contribution in [2.45, 2.75) is 0 Å². The van der Waals surface area contributed by atoms with Crippen LogP contribution in [0.2, 0.25) is 0 Å². The molecule has 3 aromatic rings. The molecule has 21 heavy (non-hydrogen) atoms. The van der Waals surface area contributed by atoms with Crippen LogP contribution in [-0.2, 0) is 0 Å². The number of amides is 2. The third-order valence-electron chi connectivity index (χ3n) is 2.87. The topological polar surface area (TPSA) is 80.5 Å². The van der Waals surface area contributed by atoms with Crippen LogP contribution in [0, 0.1) is 0 Å². The van der Waals surface area contributed by atoms with Gasteiger partial charge in [0.2, 0.25) is 5.95 Å². The molecule has 3 rings (SSSR count). The first-order chi connectivity index (χ1) is 10.3. The maximum atomic E-state index is 12.0. The Kier molecular flexibility index (Phi) is 3.38. The first-order valence-corrected chi connectivity index (χ1v) is 6.28. The standard InChI is InChI=1S/C14H13N5O2/c1-21-11-6-4-5-10(9-11)15-14(20)16-13-18-17-12-7-2-3-8-19(12)13/h2-9H,1H3,(H2,15,16,18,20). The highest BCUT2D eigenvalue weighted by Gasteiger charge is 2.09. The van der Waals surface area contributed by atoms with E-state index in [-0.39, 0.29) is 0 Å². The van der Waals surface area contributed by atoms with E-state index in [1.54, 1.807) is 48.0 Å². The summed E-state index contributed by atoms with van der Waals surface area (Å²) in [6.45, 7) is 0. The average molecular weight is 283 g/mol. The molecule has 2 aromatic heterocycles. The highest BCUT2D eigenvalue weighted by Crippen LogP contribution is 2.17. The van der Waals surface area contributed by atoms with Crippen LogP contribution in [-0.4, -0.2) is 27.7 Å². The summed E-state index contributed by atoms with van der Waals surface area (Å²) in [7, 11) is 1.57. The van der Waals surface area contributed by atoms with Crippen molar-refractivity contribution in [3.8, 4) is 5.75 Å². The highest BCUT2D eigenvalue weighted by atomic mass is 16.5. The molecule has 106 valence electrons. The fourth-order valence-corrected chi connectivity index (χ4v) is 1.89. The van der Waals surface area contributed by atoms with Crippen molar-refractivity contribution in [2.24, 2.45) is 0 Å². The Morgan fingerprint density at radius 3 is 2.90 bits per heavy atom.